The van der Waals surface area contributed by atoms with Crippen molar-refractivity contribution in [3.8, 4) is 0 Å². The van der Waals surface area contributed by atoms with E-state index in [1.807, 2.05) is 17.5 Å². The summed E-state index contributed by atoms with van der Waals surface area (Å²) >= 11 is 1.60. The van der Waals surface area contributed by atoms with Gasteiger partial charge in [0.05, 0.1) is 12.4 Å². The van der Waals surface area contributed by atoms with Gasteiger partial charge in [-0.25, -0.2) is 0 Å². The van der Waals surface area contributed by atoms with E-state index in [0.717, 1.165) is 11.1 Å². The monoisotopic (exact) mass is 220 g/mol. The van der Waals surface area contributed by atoms with Gasteiger partial charge in [-0.05, 0) is 18.4 Å². The van der Waals surface area contributed by atoms with Gasteiger partial charge >= 0.3 is 0 Å². The molecule has 1 unspecified atom stereocenters. The van der Waals surface area contributed by atoms with Crippen LogP contribution in [0.3, 0.4) is 0 Å². The molecule has 1 atom stereocenters. The highest BCUT2D eigenvalue weighted by molar-refractivity contribution is 7.86. The van der Waals surface area contributed by atoms with Crippen LogP contribution in [0, 0.1) is 0 Å². The van der Waals surface area contributed by atoms with Crippen LogP contribution in [0.15, 0.2) is 17.5 Å². The average molecular weight is 220 g/mol. The van der Waals surface area contributed by atoms with E-state index in [9.17, 15) is 8.42 Å². The first-order chi connectivity index (χ1) is 5.97. The Hall–Kier alpha value is -0.390. The maximum Gasteiger partial charge on any atom is 0.264 e. The second kappa shape index (κ2) is 4.21. The van der Waals surface area contributed by atoms with E-state index >= 15 is 0 Å². The molecule has 0 saturated heterocycles. The van der Waals surface area contributed by atoms with Gasteiger partial charge in [-0.15, -0.1) is 11.3 Å². The normalized spacial score (nSPS) is 14.3. The van der Waals surface area contributed by atoms with E-state index in [-0.39, 0.29) is 6.10 Å². The lowest BCUT2D eigenvalue weighted by Gasteiger charge is -2.08. The molecule has 3 nitrogen and oxygen atoms in total. The average Bonchev–Trinajstić information content (AvgIpc) is 2.34. The predicted octanol–water partition coefficient (Wildman–Crippen LogP) is 1.66. The van der Waals surface area contributed by atoms with Gasteiger partial charge in [0.25, 0.3) is 10.1 Å². The molecule has 1 aromatic heterocycles. The Morgan fingerprint density at radius 2 is 2.31 bits per heavy atom. The molecule has 1 heterocycles. The smallest absolute Gasteiger partial charge is 0.264 e. The Balaban J connectivity index is 2.47. The summed E-state index contributed by atoms with van der Waals surface area (Å²) in [6.07, 6.45) is 1.43. The second-order valence-corrected chi connectivity index (χ2v) is 5.53. The van der Waals surface area contributed by atoms with E-state index < -0.39 is 10.1 Å². The highest BCUT2D eigenvalue weighted by Crippen LogP contribution is 2.13. The SMILES string of the molecule is CC(Cc1cccs1)OS(C)(=O)=O. The van der Waals surface area contributed by atoms with Crippen molar-refractivity contribution in [1.29, 1.82) is 0 Å². The molecule has 13 heavy (non-hydrogen) atoms. The Kier molecular flexibility index (Phi) is 3.47. The maximum absolute atomic E-state index is 10.8. The summed E-state index contributed by atoms with van der Waals surface area (Å²) in [5.41, 5.74) is 0. The summed E-state index contributed by atoms with van der Waals surface area (Å²) < 4.78 is 26.3. The van der Waals surface area contributed by atoms with E-state index in [2.05, 4.69) is 0 Å². The third-order valence-corrected chi connectivity index (χ3v) is 2.98. The van der Waals surface area contributed by atoms with Crippen LogP contribution in [0.25, 0.3) is 0 Å². The molecule has 0 fully saturated rings. The standard InChI is InChI=1S/C8H12O3S2/c1-7(11-13(2,9)10)6-8-4-3-5-12-8/h3-5,7H,6H2,1-2H3. The first-order valence-electron chi connectivity index (χ1n) is 3.88. The minimum Gasteiger partial charge on any atom is -0.267 e. The van der Waals surface area contributed by atoms with Crippen molar-refractivity contribution >= 4 is 21.5 Å². The molecule has 0 aromatic carbocycles. The number of thiophene rings is 1. The van der Waals surface area contributed by atoms with E-state index in [1.54, 1.807) is 18.3 Å². The lowest BCUT2D eigenvalue weighted by molar-refractivity contribution is 0.233. The second-order valence-electron chi connectivity index (χ2n) is 2.89. The van der Waals surface area contributed by atoms with Crippen molar-refractivity contribution in [2.45, 2.75) is 19.4 Å². The molecule has 0 aliphatic rings. The van der Waals surface area contributed by atoms with Gasteiger partial charge in [0, 0.05) is 11.3 Å². The number of rotatable bonds is 4. The van der Waals surface area contributed by atoms with Crippen LogP contribution >= 0.6 is 11.3 Å². The Bertz CT molecular complexity index is 339. The zero-order chi connectivity index (χ0) is 9.90. The van der Waals surface area contributed by atoms with Crippen LogP contribution < -0.4 is 0 Å². The molecule has 0 aliphatic heterocycles. The van der Waals surface area contributed by atoms with Crippen molar-refractivity contribution in [3.63, 3.8) is 0 Å². The predicted molar refractivity (Wildman–Crippen MR) is 53.4 cm³/mol. The number of hydrogen-bond donors (Lipinski definition) is 0. The zero-order valence-electron chi connectivity index (χ0n) is 7.56. The summed E-state index contributed by atoms with van der Waals surface area (Å²) in [4.78, 5) is 1.14. The van der Waals surface area contributed by atoms with Crippen molar-refractivity contribution < 1.29 is 12.6 Å². The Labute approximate surface area is 82.5 Å². The molecule has 5 heteroatoms. The fourth-order valence-electron chi connectivity index (χ4n) is 1.04. The van der Waals surface area contributed by atoms with Crippen molar-refractivity contribution in [2.24, 2.45) is 0 Å². The first kappa shape index (κ1) is 10.7. The van der Waals surface area contributed by atoms with Gasteiger partial charge in [0.15, 0.2) is 0 Å². The van der Waals surface area contributed by atoms with Crippen molar-refractivity contribution in [1.82, 2.24) is 0 Å². The largest absolute Gasteiger partial charge is 0.267 e. The van der Waals surface area contributed by atoms with Gasteiger partial charge in [-0.1, -0.05) is 6.07 Å². The molecule has 0 bridgehead atoms. The molecule has 0 spiro atoms. The quantitative estimate of drug-likeness (QED) is 0.725. The van der Waals surface area contributed by atoms with Gasteiger partial charge in [0.2, 0.25) is 0 Å². The van der Waals surface area contributed by atoms with Gasteiger partial charge in [-0.3, -0.25) is 4.18 Å². The molecular formula is C8H12O3S2. The lowest BCUT2D eigenvalue weighted by atomic mass is 10.2. The Morgan fingerprint density at radius 1 is 1.62 bits per heavy atom. The minimum absolute atomic E-state index is 0.284. The summed E-state index contributed by atoms with van der Waals surface area (Å²) in [6, 6.07) is 3.90. The van der Waals surface area contributed by atoms with Crippen LogP contribution in [0.1, 0.15) is 11.8 Å². The molecule has 1 aromatic rings. The third-order valence-electron chi connectivity index (χ3n) is 1.41. The van der Waals surface area contributed by atoms with E-state index in [4.69, 9.17) is 4.18 Å². The topological polar surface area (TPSA) is 43.4 Å². The van der Waals surface area contributed by atoms with E-state index in [1.165, 1.54) is 0 Å². The summed E-state index contributed by atoms with van der Waals surface area (Å²) in [5, 5.41) is 1.96. The molecule has 0 radical (unpaired) electrons. The van der Waals surface area contributed by atoms with Crippen LogP contribution in [-0.2, 0) is 20.7 Å². The van der Waals surface area contributed by atoms with Crippen LogP contribution in [0.2, 0.25) is 0 Å². The van der Waals surface area contributed by atoms with Crippen molar-refractivity contribution in [2.75, 3.05) is 6.26 Å². The highest BCUT2D eigenvalue weighted by atomic mass is 32.2. The van der Waals surface area contributed by atoms with Crippen molar-refractivity contribution in [3.05, 3.63) is 22.4 Å². The maximum atomic E-state index is 10.8. The highest BCUT2D eigenvalue weighted by Gasteiger charge is 2.10. The number of hydrogen-bond acceptors (Lipinski definition) is 4. The molecule has 1 rings (SSSR count). The van der Waals surface area contributed by atoms with E-state index in [0.29, 0.717) is 6.42 Å². The van der Waals surface area contributed by atoms with Gasteiger partial charge in [0.1, 0.15) is 0 Å². The summed E-state index contributed by atoms with van der Waals surface area (Å²) in [7, 11) is -3.32. The fraction of sp³-hybridized carbons (Fsp3) is 0.500. The van der Waals surface area contributed by atoms with Gasteiger partial charge < -0.3 is 0 Å². The molecular weight excluding hydrogens is 208 g/mol. The molecule has 0 aliphatic carbocycles. The zero-order valence-corrected chi connectivity index (χ0v) is 9.19. The molecule has 74 valence electrons. The molecule has 0 N–H and O–H groups in total. The first-order valence-corrected chi connectivity index (χ1v) is 6.57. The molecule has 0 amide bonds. The van der Waals surface area contributed by atoms with Crippen LogP contribution in [-0.4, -0.2) is 20.8 Å². The summed E-state index contributed by atoms with van der Waals surface area (Å²) in [6.45, 7) is 1.75. The Morgan fingerprint density at radius 3 is 2.77 bits per heavy atom. The fourth-order valence-corrected chi connectivity index (χ4v) is 2.53. The minimum atomic E-state index is -3.32. The lowest BCUT2D eigenvalue weighted by Crippen LogP contribution is -2.15. The van der Waals surface area contributed by atoms with Crippen LogP contribution in [0.5, 0.6) is 0 Å². The van der Waals surface area contributed by atoms with Crippen LogP contribution in [0.4, 0.5) is 0 Å². The molecule has 0 saturated carbocycles. The third kappa shape index (κ3) is 4.40. The van der Waals surface area contributed by atoms with Gasteiger partial charge in [-0.2, -0.15) is 8.42 Å². The summed E-state index contributed by atoms with van der Waals surface area (Å²) in [5.74, 6) is 0.